The van der Waals surface area contributed by atoms with Gasteiger partial charge in [0, 0.05) is 12.0 Å². The second-order valence-electron chi connectivity index (χ2n) is 6.43. The second-order valence-corrected chi connectivity index (χ2v) is 8.54. The number of hydrogen-bond acceptors (Lipinski definition) is 7. The molecule has 0 fully saturated rings. The SMILES string of the molecule is COc1cccc(-c2nnc(NC(=O)CCCS(=O)(=O)c3ccc(C)cc3)o2)c1. The quantitative estimate of drug-likeness (QED) is 0.601. The van der Waals surface area contributed by atoms with Crippen molar-refractivity contribution in [2.75, 3.05) is 18.2 Å². The van der Waals surface area contributed by atoms with Gasteiger partial charge in [0.1, 0.15) is 5.75 Å². The highest BCUT2D eigenvalue weighted by Crippen LogP contribution is 2.24. The number of carbonyl (C=O) groups excluding carboxylic acids is 1. The second kappa shape index (κ2) is 8.87. The number of aryl methyl sites for hydroxylation is 1. The molecule has 0 unspecified atom stereocenters. The summed E-state index contributed by atoms with van der Waals surface area (Å²) in [5.74, 6) is 0.356. The number of ether oxygens (including phenoxy) is 1. The van der Waals surface area contributed by atoms with Crippen LogP contribution in [0.2, 0.25) is 0 Å². The molecule has 0 aliphatic rings. The zero-order valence-electron chi connectivity index (χ0n) is 16.1. The monoisotopic (exact) mass is 415 g/mol. The molecule has 1 amide bonds. The number of rotatable bonds is 8. The lowest BCUT2D eigenvalue weighted by atomic mass is 10.2. The first-order valence-corrected chi connectivity index (χ1v) is 10.6. The number of nitrogens with one attached hydrogen (secondary N) is 1. The molecular weight excluding hydrogens is 394 g/mol. The van der Waals surface area contributed by atoms with Gasteiger partial charge in [-0.15, -0.1) is 5.10 Å². The van der Waals surface area contributed by atoms with Crippen LogP contribution in [-0.4, -0.2) is 37.4 Å². The fraction of sp³-hybridized carbons (Fsp3) is 0.250. The van der Waals surface area contributed by atoms with E-state index in [0.29, 0.717) is 11.3 Å². The molecule has 0 bridgehead atoms. The van der Waals surface area contributed by atoms with E-state index in [-0.39, 0.29) is 35.4 Å². The summed E-state index contributed by atoms with van der Waals surface area (Å²) in [4.78, 5) is 12.3. The van der Waals surface area contributed by atoms with E-state index in [1.807, 2.05) is 6.92 Å². The number of sulfone groups is 1. The maximum absolute atomic E-state index is 12.3. The Kier molecular flexibility index (Phi) is 6.28. The Morgan fingerprint density at radius 2 is 1.90 bits per heavy atom. The molecule has 0 saturated carbocycles. The van der Waals surface area contributed by atoms with Crippen molar-refractivity contribution < 1.29 is 22.4 Å². The lowest BCUT2D eigenvalue weighted by molar-refractivity contribution is -0.116. The van der Waals surface area contributed by atoms with E-state index in [1.54, 1.807) is 55.6 Å². The van der Waals surface area contributed by atoms with E-state index < -0.39 is 15.7 Å². The molecule has 8 nitrogen and oxygen atoms in total. The highest BCUT2D eigenvalue weighted by Gasteiger charge is 2.16. The van der Waals surface area contributed by atoms with Crippen LogP contribution in [-0.2, 0) is 14.6 Å². The molecule has 1 aromatic heterocycles. The molecule has 29 heavy (non-hydrogen) atoms. The van der Waals surface area contributed by atoms with Gasteiger partial charge < -0.3 is 9.15 Å². The highest BCUT2D eigenvalue weighted by atomic mass is 32.2. The van der Waals surface area contributed by atoms with Crippen molar-refractivity contribution in [3.63, 3.8) is 0 Å². The Balaban J connectivity index is 1.53. The molecule has 3 rings (SSSR count). The van der Waals surface area contributed by atoms with Crippen molar-refractivity contribution >= 4 is 21.8 Å². The van der Waals surface area contributed by atoms with Crippen LogP contribution in [0.1, 0.15) is 18.4 Å². The van der Waals surface area contributed by atoms with E-state index >= 15 is 0 Å². The zero-order chi connectivity index (χ0) is 20.9. The predicted octanol–water partition coefficient (Wildman–Crippen LogP) is 3.25. The summed E-state index contributed by atoms with van der Waals surface area (Å²) < 4.78 is 35.2. The maximum atomic E-state index is 12.3. The smallest absolute Gasteiger partial charge is 0.322 e. The zero-order valence-corrected chi connectivity index (χ0v) is 16.9. The van der Waals surface area contributed by atoms with Crippen LogP contribution in [0.25, 0.3) is 11.5 Å². The van der Waals surface area contributed by atoms with Crippen LogP contribution >= 0.6 is 0 Å². The molecule has 0 saturated heterocycles. The summed E-state index contributed by atoms with van der Waals surface area (Å²) in [6, 6.07) is 13.7. The third-order valence-corrected chi connectivity index (χ3v) is 6.00. The Hall–Kier alpha value is -3.20. The first kappa shape index (κ1) is 20.5. The lowest BCUT2D eigenvalue weighted by Gasteiger charge is -2.05. The highest BCUT2D eigenvalue weighted by molar-refractivity contribution is 7.91. The fourth-order valence-corrected chi connectivity index (χ4v) is 3.93. The normalized spacial score (nSPS) is 11.2. The van der Waals surface area contributed by atoms with Crippen molar-refractivity contribution in [2.24, 2.45) is 0 Å². The average molecular weight is 415 g/mol. The number of amides is 1. The maximum Gasteiger partial charge on any atom is 0.322 e. The Morgan fingerprint density at radius 1 is 1.14 bits per heavy atom. The van der Waals surface area contributed by atoms with E-state index in [1.165, 1.54) is 0 Å². The molecule has 1 heterocycles. The van der Waals surface area contributed by atoms with Crippen molar-refractivity contribution in [3.05, 3.63) is 54.1 Å². The molecule has 0 spiro atoms. The van der Waals surface area contributed by atoms with Crippen LogP contribution in [0.3, 0.4) is 0 Å². The third-order valence-electron chi connectivity index (χ3n) is 4.19. The summed E-state index contributed by atoms with van der Waals surface area (Å²) in [5.41, 5.74) is 1.64. The van der Waals surface area contributed by atoms with Gasteiger partial charge in [-0.25, -0.2) is 8.42 Å². The summed E-state index contributed by atoms with van der Waals surface area (Å²) in [6.07, 6.45) is 0.195. The standard InChI is InChI=1S/C20H21N3O5S/c1-14-8-10-17(11-9-14)29(25,26)12-4-7-18(24)21-20-23-22-19(28-20)15-5-3-6-16(13-15)27-2/h3,5-6,8-11,13H,4,7,12H2,1-2H3,(H,21,23,24). The van der Waals surface area contributed by atoms with Gasteiger partial charge in [0.25, 0.3) is 0 Å². The van der Waals surface area contributed by atoms with Crippen LogP contribution in [0.4, 0.5) is 6.01 Å². The van der Waals surface area contributed by atoms with Gasteiger partial charge in [0.05, 0.1) is 17.8 Å². The predicted molar refractivity (Wildman–Crippen MR) is 107 cm³/mol. The van der Waals surface area contributed by atoms with Gasteiger partial charge >= 0.3 is 6.01 Å². The minimum atomic E-state index is -3.43. The van der Waals surface area contributed by atoms with Crippen LogP contribution in [0.5, 0.6) is 5.75 Å². The number of nitrogens with zero attached hydrogens (tertiary/aromatic N) is 2. The van der Waals surface area contributed by atoms with Crippen molar-refractivity contribution in [1.82, 2.24) is 10.2 Å². The summed E-state index contributed by atoms with van der Waals surface area (Å²) in [7, 11) is -1.87. The molecule has 2 aromatic carbocycles. The molecule has 9 heteroatoms. The molecule has 0 radical (unpaired) electrons. The molecule has 0 aliphatic carbocycles. The van der Waals surface area contributed by atoms with E-state index in [2.05, 4.69) is 15.5 Å². The first-order chi connectivity index (χ1) is 13.9. The Morgan fingerprint density at radius 3 is 2.62 bits per heavy atom. The summed E-state index contributed by atoms with van der Waals surface area (Å²) in [6.45, 7) is 1.89. The van der Waals surface area contributed by atoms with Crippen LogP contribution < -0.4 is 10.1 Å². The topological polar surface area (TPSA) is 111 Å². The Bertz CT molecular complexity index is 1090. The molecule has 1 N–H and O–H groups in total. The molecule has 0 atom stereocenters. The Labute approximate surface area is 168 Å². The van der Waals surface area contributed by atoms with E-state index in [9.17, 15) is 13.2 Å². The van der Waals surface area contributed by atoms with Gasteiger partial charge in [0.15, 0.2) is 9.84 Å². The average Bonchev–Trinajstić information content (AvgIpc) is 3.16. The van der Waals surface area contributed by atoms with Crippen molar-refractivity contribution in [2.45, 2.75) is 24.7 Å². The molecule has 152 valence electrons. The van der Waals surface area contributed by atoms with Crippen LogP contribution in [0.15, 0.2) is 57.8 Å². The first-order valence-electron chi connectivity index (χ1n) is 8.94. The van der Waals surface area contributed by atoms with E-state index in [0.717, 1.165) is 5.56 Å². The number of methoxy groups -OCH3 is 1. The summed E-state index contributed by atoms with van der Waals surface area (Å²) >= 11 is 0. The van der Waals surface area contributed by atoms with Crippen LogP contribution in [0, 0.1) is 6.92 Å². The largest absolute Gasteiger partial charge is 0.497 e. The van der Waals surface area contributed by atoms with Gasteiger partial charge in [-0.2, -0.15) is 0 Å². The van der Waals surface area contributed by atoms with Gasteiger partial charge in [-0.1, -0.05) is 28.9 Å². The lowest BCUT2D eigenvalue weighted by Crippen LogP contribution is -2.14. The molecule has 3 aromatic rings. The minimum Gasteiger partial charge on any atom is -0.497 e. The van der Waals surface area contributed by atoms with Crippen molar-refractivity contribution in [3.8, 4) is 17.2 Å². The fourth-order valence-electron chi connectivity index (χ4n) is 2.61. The minimum absolute atomic E-state index is 0.0158. The molecular formula is C20H21N3O5S. The van der Waals surface area contributed by atoms with Gasteiger partial charge in [-0.3, -0.25) is 10.1 Å². The van der Waals surface area contributed by atoms with Crippen molar-refractivity contribution in [1.29, 1.82) is 0 Å². The summed E-state index contributed by atoms with van der Waals surface area (Å²) in [5, 5.41) is 10.2. The number of anilines is 1. The number of hydrogen-bond donors (Lipinski definition) is 1. The number of aromatic nitrogens is 2. The third kappa shape index (κ3) is 5.41. The van der Waals surface area contributed by atoms with Gasteiger partial charge in [-0.05, 0) is 43.7 Å². The van der Waals surface area contributed by atoms with Gasteiger partial charge in [0.2, 0.25) is 11.8 Å². The number of benzene rings is 2. The molecule has 0 aliphatic heterocycles. The number of carbonyl (C=O) groups is 1. The van der Waals surface area contributed by atoms with E-state index in [4.69, 9.17) is 9.15 Å².